The Morgan fingerprint density at radius 3 is 2.72 bits per heavy atom. The van der Waals surface area contributed by atoms with Crippen molar-refractivity contribution < 1.29 is 18.3 Å². The second-order valence-electron chi connectivity index (χ2n) is 3.06. The first-order valence-corrected chi connectivity index (χ1v) is 5.56. The first-order valence-electron chi connectivity index (χ1n) is 4.75. The molecule has 0 aliphatic rings. The maximum absolute atomic E-state index is 11.9. The van der Waals surface area contributed by atoms with E-state index in [1.807, 2.05) is 0 Å². The van der Waals surface area contributed by atoms with Crippen molar-refractivity contribution in [1.29, 1.82) is 0 Å². The summed E-state index contributed by atoms with van der Waals surface area (Å²) in [6.07, 6.45) is 1.19. The molecule has 2 aromatic rings. The van der Waals surface area contributed by atoms with Crippen LogP contribution in [-0.4, -0.2) is 21.8 Å². The van der Waals surface area contributed by atoms with Crippen LogP contribution in [0.15, 0.2) is 18.3 Å². The number of halogens is 2. The lowest BCUT2D eigenvalue weighted by Crippen LogP contribution is -2.03. The fourth-order valence-electron chi connectivity index (χ4n) is 1.08. The monoisotopic (exact) mass is 274 g/mol. The van der Waals surface area contributed by atoms with Gasteiger partial charge in [0.25, 0.3) is 5.19 Å². The molecule has 0 saturated heterocycles. The van der Waals surface area contributed by atoms with Crippen molar-refractivity contribution in [2.75, 3.05) is 5.73 Å². The number of aromatic nitrogens is 3. The lowest BCUT2D eigenvalue weighted by atomic mass is 10.3. The van der Waals surface area contributed by atoms with Crippen LogP contribution < -0.4 is 15.2 Å². The zero-order chi connectivity index (χ0) is 13.0. The molecule has 0 saturated carbocycles. The van der Waals surface area contributed by atoms with Crippen molar-refractivity contribution >= 4 is 16.5 Å². The molecule has 0 aliphatic heterocycles. The van der Waals surface area contributed by atoms with Crippen LogP contribution in [0.3, 0.4) is 0 Å². The predicted octanol–water partition coefficient (Wildman–Crippen LogP) is 1.70. The maximum Gasteiger partial charge on any atom is 0.387 e. The first-order chi connectivity index (χ1) is 8.63. The van der Waals surface area contributed by atoms with Gasteiger partial charge >= 0.3 is 6.61 Å². The minimum absolute atomic E-state index is 0.00564. The van der Waals surface area contributed by atoms with Gasteiger partial charge in [0.15, 0.2) is 0 Å². The highest BCUT2D eigenvalue weighted by Gasteiger charge is 2.06. The molecule has 0 fully saturated rings. The average Bonchev–Trinajstić information content (AvgIpc) is 2.74. The van der Waals surface area contributed by atoms with Crippen molar-refractivity contribution in [1.82, 2.24) is 15.2 Å². The van der Waals surface area contributed by atoms with Gasteiger partial charge in [-0.05, 0) is 23.5 Å². The van der Waals surface area contributed by atoms with Crippen molar-refractivity contribution in [2.45, 2.75) is 13.2 Å². The van der Waals surface area contributed by atoms with E-state index in [-0.39, 0.29) is 12.4 Å². The zero-order valence-corrected chi connectivity index (χ0v) is 9.73. The second kappa shape index (κ2) is 5.54. The first kappa shape index (κ1) is 12.4. The van der Waals surface area contributed by atoms with E-state index in [1.165, 1.54) is 18.3 Å². The summed E-state index contributed by atoms with van der Waals surface area (Å²) in [6.45, 7) is -2.72. The van der Waals surface area contributed by atoms with Crippen LogP contribution in [0.4, 0.5) is 13.9 Å². The van der Waals surface area contributed by atoms with E-state index in [1.54, 1.807) is 0 Å². The average molecular weight is 274 g/mol. The molecule has 0 amide bonds. The van der Waals surface area contributed by atoms with Crippen molar-refractivity contribution in [3.05, 3.63) is 24.0 Å². The number of nitrogens with two attached hydrogens (primary N) is 1. The fraction of sp³-hybridized carbons (Fsp3) is 0.222. The van der Waals surface area contributed by atoms with E-state index in [9.17, 15) is 8.78 Å². The van der Waals surface area contributed by atoms with Crippen molar-refractivity contribution in [3.8, 4) is 10.9 Å². The second-order valence-corrected chi connectivity index (χ2v) is 4.03. The third-order valence-corrected chi connectivity index (χ3v) is 2.45. The van der Waals surface area contributed by atoms with Gasteiger partial charge in [-0.2, -0.15) is 8.78 Å². The Bertz CT molecular complexity index is 506. The van der Waals surface area contributed by atoms with Crippen LogP contribution in [0, 0.1) is 0 Å². The fourth-order valence-corrected chi connectivity index (χ4v) is 1.54. The number of rotatable bonds is 5. The quantitative estimate of drug-likeness (QED) is 0.893. The summed E-state index contributed by atoms with van der Waals surface area (Å²) in [5, 5.41) is 7.86. The predicted molar refractivity (Wildman–Crippen MR) is 59.5 cm³/mol. The summed E-state index contributed by atoms with van der Waals surface area (Å²) in [7, 11) is 0. The highest BCUT2D eigenvalue weighted by molar-refractivity contribution is 7.16. The molecule has 2 rings (SSSR count). The Balaban J connectivity index is 1.90. The third-order valence-electron chi connectivity index (χ3n) is 1.79. The molecular formula is C9H8F2N4O2S. The lowest BCUT2D eigenvalue weighted by Gasteiger charge is -2.05. The maximum atomic E-state index is 11.9. The Morgan fingerprint density at radius 2 is 2.17 bits per heavy atom. The van der Waals surface area contributed by atoms with E-state index in [2.05, 4.69) is 19.9 Å². The van der Waals surface area contributed by atoms with Crippen LogP contribution in [0.2, 0.25) is 0 Å². The Labute approximate surface area is 104 Å². The smallest absolute Gasteiger partial charge is 0.387 e. The third kappa shape index (κ3) is 3.48. The summed E-state index contributed by atoms with van der Waals surface area (Å²) in [5.74, 6) is -0.00564. The molecule has 96 valence electrons. The summed E-state index contributed by atoms with van der Waals surface area (Å²) < 4.78 is 33.2. The normalized spacial score (nSPS) is 10.6. The summed E-state index contributed by atoms with van der Waals surface area (Å²) in [4.78, 5) is 3.90. The number of ether oxygens (including phenoxy) is 2. The van der Waals surface area contributed by atoms with Crippen LogP contribution >= 0.6 is 11.3 Å². The van der Waals surface area contributed by atoms with Gasteiger partial charge in [0.05, 0.1) is 11.9 Å². The van der Waals surface area contributed by atoms with Gasteiger partial charge in [0.2, 0.25) is 5.13 Å². The molecule has 0 aliphatic carbocycles. The van der Waals surface area contributed by atoms with Gasteiger partial charge in [-0.25, -0.2) is 0 Å². The Kier molecular flexibility index (Phi) is 3.82. The minimum atomic E-state index is -2.86. The van der Waals surface area contributed by atoms with Gasteiger partial charge < -0.3 is 15.2 Å². The van der Waals surface area contributed by atoms with Gasteiger partial charge in [-0.3, -0.25) is 4.98 Å². The summed E-state index contributed by atoms with van der Waals surface area (Å²) in [5.41, 5.74) is 5.92. The molecule has 0 spiro atoms. The summed E-state index contributed by atoms with van der Waals surface area (Å²) in [6, 6.07) is 2.90. The number of alkyl halides is 2. The zero-order valence-electron chi connectivity index (χ0n) is 8.92. The largest absolute Gasteiger partial charge is 0.462 e. The molecule has 0 aromatic carbocycles. The molecule has 0 atom stereocenters. The number of anilines is 1. The number of hydrogen-bond acceptors (Lipinski definition) is 7. The van der Waals surface area contributed by atoms with E-state index < -0.39 is 6.61 Å². The highest BCUT2D eigenvalue weighted by Crippen LogP contribution is 2.20. The molecule has 2 heterocycles. The standard InChI is InChI=1S/C9H8F2N4O2S/c10-7(11)17-6-2-1-5(13-3-6)4-16-9-15-14-8(12)18-9/h1-3,7H,4H2,(H2,12,14). The number of nitrogen functional groups attached to an aromatic ring is 1. The number of hydrogen-bond donors (Lipinski definition) is 1. The topological polar surface area (TPSA) is 83.2 Å². The van der Waals surface area contributed by atoms with Gasteiger partial charge in [0, 0.05) is 0 Å². The number of nitrogens with zero attached hydrogens (tertiary/aromatic N) is 3. The molecule has 9 heteroatoms. The molecular weight excluding hydrogens is 266 g/mol. The van der Waals surface area contributed by atoms with Crippen molar-refractivity contribution in [2.24, 2.45) is 0 Å². The molecule has 2 aromatic heterocycles. The van der Waals surface area contributed by atoms with Gasteiger partial charge in [-0.1, -0.05) is 5.10 Å². The van der Waals surface area contributed by atoms with Crippen molar-refractivity contribution in [3.63, 3.8) is 0 Å². The summed E-state index contributed by atoms with van der Waals surface area (Å²) >= 11 is 1.10. The highest BCUT2D eigenvalue weighted by atomic mass is 32.1. The van der Waals surface area contributed by atoms with E-state index in [0.717, 1.165) is 11.3 Å². The molecule has 0 bridgehead atoms. The Morgan fingerprint density at radius 1 is 1.33 bits per heavy atom. The van der Waals surface area contributed by atoms with Crippen LogP contribution in [0.5, 0.6) is 10.9 Å². The van der Waals surface area contributed by atoms with E-state index >= 15 is 0 Å². The lowest BCUT2D eigenvalue weighted by molar-refractivity contribution is -0.0501. The van der Waals surface area contributed by atoms with Gasteiger partial charge in [0.1, 0.15) is 12.4 Å². The van der Waals surface area contributed by atoms with Crippen LogP contribution in [-0.2, 0) is 6.61 Å². The molecule has 0 unspecified atom stereocenters. The van der Waals surface area contributed by atoms with Gasteiger partial charge in [-0.15, -0.1) is 5.10 Å². The number of pyridine rings is 1. The molecule has 6 nitrogen and oxygen atoms in total. The van der Waals surface area contributed by atoms with E-state index in [4.69, 9.17) is 10.5 Å². The molecule has 18 heavy (non-hydrogen) atoms. The van der Waals surface area contributed by atoms with Crippen LogP contribution in [0.1, 0.15) is 5.69 Å². The molecule has 2 N–H and O–H groups in total. The Hall–Kier alpha value is -2.03. The minimum Gasteiger partial charge on any atom is -0.462 e. The van der Waals surface area contributed by atoms with Crippen LogP contribution in [0.25, 0.3) is 0 Å². The SMILES string of the molecule is Nc1nnc(OCc2ccc(OC(F)F)cn2)s1. The van der Waals surface area contributed by atoms with E-state index in [0.29, 0.717) is 16.0 Å². The molecule has 0 radical (unpaired) electrons.